The SMILES string of the molecule is CC(C)(C)OC(=O)N1CCCC1c1ncc(-c2ccc(N3CCCCC3)cc2)[nH]1. The van der Waals surface area contributed by atoms with Crippen molar-refractivity contribution in [2.75, 3.05) is 24.5 Å². The number of aromatic nitrogens is 2. The van der Waals surface area contributed by atoms with Crippen LogP contribution < -0.4 is 4.90 Å². The van der Waals surface area contributed by atoms with Crippen molar-refractivity contribution >= 4 is 11.8 Å². The van der Waals surface area contributed by atoms with Gasteiger partial charge in [0.05, 0.1) is 17.9 Å². The summed E-state index contributed by atoms with van der Waals surface area (Å²) in [5, 5.41) is 0. The Balaban J connectivity index is 1.47. The number of piperidine rings is 1. The molecule has 0 saturated carbocycles. The number of benzene rings is 1. The fourth-order valence-electron chi connectivity index (χ4n) is 4.25. The molecule has 2 aromatic rings. The minimum Gasteiger partial charge on any atom is -0.444 e. The minimum atomic E-state index is -0.491. The Kier molecular flexibility index (Phi) is 5.52. The molecule has 2 saturated heterocycles. The molecule has 1 amide bonds. The molecule has 0 spiro atoms. The summed E-state index contributed by atoms with van der Waals surface area (Å²) in [5.74, 6) is 0.837. The molecule has 1 aromatic heterocycles. The lowest BCUT2D eigenvalue weighted by atomic mass is 10.1. The van der Waals surface area contributed by atoms with Crippen LogP contribution in [0.5, 0.6) is 0 Å². The normalized spacial score (nSPS) is 20.2. The van der Waals surface area contributed by atoms with Crippen LogP contribution in [-0.2, 0) is 4.74 Å². The fraction of sp³-hybridized carbons (Fsp3) is 0.565. The van der Waals surface area contributed by atoms with Crippen LogP contribution in [0.25, 0.3) is 11.3 Å². The topological polar surface area (TPSA) is 61.5 Å². The monoisotopic (exact) mass is 396 g/mol. The predicted molar refractivity (Wildman–Crippen MR) is 115 cm³/mol. The molecule has 1 aromatic carbocycles. The molecule has 156 valence electrons. The quantitative estimate of drug-likeness (QED) is 0.780. The van der Waals surface area contributed by atoms with E-state index in [9.17, 15) is 4.79 Å². The number of carbonyl (C=O) groups is 1. The van der Waals surface area contributed by atoms with Crippen molar-refractivity contribution in [3.63, 3.8) is 0 Å². The first-order valence-electron chi connectivity index (χ1n) is 10.8. The first-order chi connectivity index (χ1) is 13.9. The number of imidazole rings is 1. The molecule has 6 heteroatoms. The van der Waals surface area contributed by atoms with E-state index in [0.29, 0.717) is 6.54 Å². The van der Waals surface area contributed by atoms with Crippen LogP contribution in [0.1, 0.15) is 64.7 Å². The Bertz CT molecular complexity index is 831. The van der Waals surface area contributed by atoms with E-state index in [-0.39, 0.29) is 12.1 Å². The van der Waals surface area contributed by atoms with E-state index in [0.717, 1.165) is 43.0 Å². The Morgan fingerprint density at radius 2 is 1.79 bits per heavy atom. The largest absolute Gasteiger partial charge is 0.444 e. The number of nitrogens with zero attached hydrogens (tertiary/aromatic N) is 3. The summed E-state index contributed by atoms with van der Waals surface area (Å²) in [6.45, 7) is 8.70. The molecule has 29 heavy (non-hydrogen) atoms. The maximum absolute atomic E-state index is 12.6. The lowest BCUT2D eigenvalue weighted by Gasteiger charge is -2.28. The number of H-pyrrole nitrogens is 1. The Morgan fingerprint density at radius 3 is 2.48 bits per heavy atom. The number of hydrogen-bond donors (Lipinski definition) is 1. The highest BCUT2D eigenvalue weighted by Gasteiger charge is 2.34. The van der Waals surface area contributed by atoms with Gasteiger partial charge in [-0.1, -0.05) is 12.1 Å². The number of hydrogen-bond acceptors (Lipinski definition) is 4. The molecule has 2 aliphatic rings. The summed E-state index contributed by atoms with van der Waals surface area (Å²) in [4.78, 5) is 24.9. The van der Waals surface area contributed by atoms with Gasteiger partial charge in [-0.05, 0) is 70.6 Å². The lowest BCUT2D eigenvalue weighted by molar-refractivity contribution is 0.0219. The Hall–Kier alpha value is -2.50. The highest BCUT2D eigenvalue weighted by Crippen LogP contribution is 2.33. The van der Waals surface area contributed by atoms with Gasteiger partial charge in [-0.15, -0.1) is 0 Å². The van der Waals surface area contributed by atoms with Gasteiger partial charge in [-0.2, -0.15) is 0 Å². The smallest absolute Gasteiger partial charge is 0.410 e. The molecule has 0 radical (unpaired) electrons. The molecule has 0 bridgehead atoms. The third kappa shape index (κ3) is 4.57. The van der Waals surface area contributed by atoms with Gasteiger partial charge in [-0.25, -0.2) is 9.78 Å². The highest BCUT2D eigenvalue weighted by atomic mass is 16.6. The zero-order valence-corrected chi connectivity index (χ0v) is 17.8. The summed E-state index contributed by atoms with van der Waals surface area (Å²) in [6, 6.07) is 8.66. The van der Waals surface area contributed by atoms with E-state index in [1.807, 2.05) is 27.0 Å². The number of carbonyl (C=O) groups excluding carboxylic acids is 1. The number of ether oxygens (including phenoxy) is 1. The van der Waals surface area contributed by atoms with Crippen molar-refractivity contribution in [3.05, 3.63) is 36.3 Å². The first kappa shape index (κ1) is 19.8. The summed E-state index contributed by atoms with van der Waals surface area (Å²) >= 11 is 0. The molecule has 1 unspecified atom stereocenters. The van der Waals surface area contributed by atoms with Crippen LogP contribution in [0.4, 0.5) is 10.5 Å². The number of amides is 1. The summed E-state index contributed by atoms with van der Waals surface area (Å²) in [7, 11) is 0. The van der Waals surface area contributed by atoms with E-state index < -0.39 is 5.60 Å². The predicted octanol–water partition coefficient (Wildman–Crippen LogP) is 5.14. The van der Waals surface area contributed by atoms with Crippen molar-refractivity contribution < 1.29 is 9.53 Å². The van der Waals surface area contributed by atoms with Crippen molar-refractivity contribution in [2.24, 2.45) is 0 Å². The van der Waals surface area contributed by atoms with Crippen LogP contribution in [0, 0.1) is 0 Å². The number of aromatic amines is 1. The molecule has 3 heterocycles. The highest BCUT2D eigenvalue weighted by molar-refractivity contribution is 5.69. The maximum Gasteiger partial charge on any atom is 0.410 e. The second-order valence-electron chi connectivity index (χ2n) is 9.11. The summed E-state index contributed by atoms with van der Waals surface area (Å²) in [6.07, 6.45) is 7.38. The van der Waals surface area contributed by atoms with Gasteiger partial charge in [0, 0.05) is 25.3 Å². The molecule has 1 atom stereocenters. The fourth-order valence-corrected chi connectivity index (χ4v) is 4.25. The molecule has 2 aliphatic heterocycles. The Labute approximate surface area is 173 Å². The van der Waals surface area contributed by atoms with E-state index in [4.69, 9.17) is 4.74 Å². The number of anilines is 1. The first-order valence-corrected chi connectivity index (χ1v) is 10.8. The van der Waals surface area contributed by atoms with Gasteiger partial charge in [0.15, 0.2) is 0 Å². The average Bonchev–Trinajstić information content (AvgIpc) is 3.37. The van der Waals surface area contributed by atoms with Gasteiger partial charge >= 0.3 is 6.09 Å². The van der Waals surface area contributed by atoms with E-state index in [1.54, 1.807) is 4.90 Å². The van der Waals surface area contributed by atoms with Crippen LogP contribution in [-0.4, -0.2) is 46.2 Å². The number of rotatable bonds is 3. The van der Waals surface area contributed by atoms with Crippen molar-refractivity contribution in [1.29, 1.82) is 0 Å². The zero-order valence-electron chi connectivity index (χ0n) is 17.8. The van der Waals surface area contributed by atoms with Crippen molar-refractivity contribution in [2.45, 2.75) is 64.5 Å². The molecular formula is C23H32N4O2. The average molecular weight is 397 g/mol. The maximum atomic E-state index is 12.6. The minimum absolute atomic E-state index is 0.0498. The molecule has 0 aliphatic carbocycles. The van der Waals surface area contributed by atoms with Gasteiger partial charge < -0.3 is 14.6 Å². The standard InChI is InChI=1S/C23H32N4O2/c1-23(2,3)29-22(28)27-15-7-8-20(27)21-24-16-19(25-21)17-9-11-18(12-10-17)26-13-5-4-6-14-26/h9-12,16,20H,4-8,13-15H2,1-3H3,(H,24,25). The van der Waals surface area contributed by atoms with Gasteiger partial charge in [0.2, 0.25) is 0 Å². The summed E-state index contributed by atoms with van der Waals surface area (Å²) < 4.78 is 5.58. The molecule has 1 N–H and O–H groups in total. The molecule has 2 fully saturated rings. The van der Waals surface area contributed by atoms with E-state index in [2.05, 4.69) is 39.1 Å². The van der Waals surface area contributed by atoms with E-state index >= 15 is 0 Å². The van der Waals surface area contributed by atoms with Crippen LogP contribution in [0.15, 0.2) is 30.5 Å². The van der Waals surface area contributed by atoms with Gasteiger partial charge in [-0.3, -0.25) is 4.90 Å². The van der Waals surface area contributed by atoms with Crippen LogP contribution in [0.2, 0.25) is 0 Å². The number of likely N-dealkylation sites (tertiary alicyclic amines) is 1. The molecule has 4 rings (SSSR count). The van der Waals surface area contributed by atoms with Crippen molar-refractivity contribution in [3.8, 4) is 11.3 Å². The van der Waals surface area contributed by atoms with Crippen LogP contribution >= 0.6 is 0 Å². The summed E-state index contributed by atoms with van der Waals surface area (Å²) in [5.41, 5.74) is 2.90. The Morgan fingerprint density at radius 1 is 1.07 bits per heavy atom. The van der Waals surface area contributed by atoms with Crippen molar-refractivity contribution in [1.82, 2.24) is 14.9 Å². The van der Waals surface area contributed by atoms with Gasteiger partial charge in [0.1, 0.15) is 11.4 Å². The van der Waals surface area contributed by atoms with Gasteiger partial charge in [0.25, 0.3) is 0 Å². The molecular weight excluding hydrogens is 364 g/mol. The third-order valence-electron chi connectivity index (χ3n) is 5.69. The molecule has 6 nitrogen and oxygen atoms in total. The lowest BCUT2D eigenvalue weighted by Crippen LogP contribution is -2.36. The van der Waals surface area contributed by atoms with Crippen LogP contribution in [0.3, 0.4) is 0 Å². The third-order valence-corrected chi connectivity index (χ3v) is 5.69. The number of nitrogens with one attached hydrogen (secondary N) is 1. The second-order valence-corrected chi connectivity index (χ2v) is 9.11. The second kappa shape index (κ2) is 8.09. The van der Waals surface area contributed by atoms with E-state index in [1.165, 1.54) is 24.9 Å². The zero-order chi connectivity index (χ0) is 20.4.